The minimum absolute atomic E-state index is 0. The van der Waals surface area contributed by atoms with Crippen LogP contribution in [-0.2, 0) is 19.6 Å². The molecule has 0 atom stereocenters. The fourth-order valence-corrected chi connectivity index (χ4v) is 3.62. The van der Waals surface area contributed by atoms with Gasteiger partial charge in [0.1, 0.15) is 11.6 Å². The number of piperazine rings is 1. The molecule has 7 nitrogen and oxygen atoms in total. The number of aromatic nitrogens is 1. The van der Waals surface area contributed by atoms with E-state index in [4.69, 9.17) is 9.52 Å². The molecule has 0 amide bonds. The van der Waals surface area contributed by atoms with Crippen LogP contribution in [0, 0.1) is 12.7 Å². The Hall–Kier alpha value is -1.72. The third-order valence-corrected chi connectivity index (χ3v) is 5.08. The van der Waals surface area contributed by atoms with E-state index in [2.05, 4.69) is 27.2 Å². The molecule has 0 spiro atoms. The summed E-state index contributed by atoms with van der Waals surface area (Å²) in [6, 6.07) is 7.27. The van der Waals surface area contributed by atoms with E-state index in [0.717, 1.165) is 62.2 Å². The first-order chi connectivity index (χ1) is 14.4. The number of nitrogens with one attached hydrogen (secondary N) is 1. The van der Waals surface area contributed by atoms with Crippen LogP contribution < -0.4 is 5.32 Å². The van der Waals surface area contributed by atoms with Gasteiger partial charge in [-0.15, -0.1) is 24.0 Å². The maximum Gasteiger partial charge on any atom is 0.194 e. The number of hydrogen-bond acceptors (Lipinski definition) is 5. The van der Waals surface area contributed by atoms with Crippen molar-refractivity contribution >= 4 is 29.9 Å². The number of halogens is 2. The second-order valence-electron chi connectivity index (χ2n) is 8.03. The predicted molar refractivity (Wildman–Crippen MR) is 132 cm³/mol. The average molecular weight is 544 g/mol. The summed E-state index contributed by atoms with van der Waals surface area (Å²) in [7, 11) is 3.88. The molecule has 31 heavy (non-hydrogen) atoms. The average Bonchev–Trinajstić information content (AvgIpc) is 3.12. The lowest BCUT2D eigenvalue weighted by Gasteiger charge is -2.36. The van der Waals surface area contributed by atoms with Gasteiger partial charge in [0.2, 0.25) is 0 Å². The van der Waals surface area contributed by atoms with Gasteiger partial charge in [-0.2, -0.15) is 0 Å². The van der Waals surface area contributed by atoms with Gasteiger partial charge in [0, 0.05) is 57.4 Å². The van der Waals surface area contributed by atoms with Gasteiger partial charge in [-0.05, 0) is 45.6 Å². The molecule has 3 rings (SSSR count). The second-order valence-corrected chi connectivity index (χ2v) is 8.03. The van der Waals surface area contributed by atoms with E-state index < -0.39 is 0 Å². The highest BCUT2D eigenvalue weighted by Gasteiger charge is 2.20. The highest BCUT2D eigenvalue weighted by Crippen LogP contribution is 2.14. The fourth-order valence-electron chi connectivity index (χ4n) is 3.62. The van der Waals surface area contributed by atoms with Crippen molar-refractivity contribution in [3.63, 3.8) is 0 Å². The van der Waals surface area contributed by atoms with E-state index >= 15 is 0 Å². The Labute approximate surface area is 201 Å². The van der Waals surface area contributed by atoms with E-state index in [0.29, 0.717) is 18.7 Å². The van der Waals surface area contributed by atoms with Crippen molar-refractivity contribution < 1.29 is 8.91 Å². The van der Waals surface area contributed by atoms with Gasteiger partial charge in [-0.3, -0.25) is 4.90 Å². The largest absolute Gasteiger partial charge is 0.361 e. The summed E-state index contributed by atoms with van der Waals surface area (Å²) in [5.41, 5.74) is 2.70. The lowest BCUT2D eigenvalue weighted by atomic mass is 10.1. The first-order valence-corrected chi connectivity index (χ1v) is 10.5. The molecule has 0 bridgehead atoms. The number of aliphatic imine (C=N–C) groups is 1. The van der Waals surface area contributed by atoms with Crippen LogP contribution in [0.1, 0.15) is 29.5 Å². The summed E-state index contributed by atoms with van der Waals surface area (Å²) < 4.78 is 19.2. The molecule has 0 unspecified atom stereocenters. The Balaban J connectivity index is 0.00000341. The summed E-state index contributed by atoms with van der Waals surface area (Å²) in [5.74, 6) is 1.59. The standard InChI is InChI=1S/C22H33FN6O.HI/c1-5-24-22(25-14-18-6-7-21(23)19(13-18)15-27(3)4)29-10-8-28(9-11-29)16-20-12-17(2)30-26-20;/h6-7,12-13H,5,8-11,14-16H2,1-4H3,(H,24,25);1H. The predicted octanol–water partition coefficient (Wildman–Crippen LogP) is 3.09. The van der Waals surface area contributed by atoms with Gasteiger partial charge in [-0.1, -0.05) is 11.2 Å². The molecule has 1 aromatic heterocycles. The van der Waals surface area contributed by atoms with E-state index in [9.17, 15) is 4.39 Å². The summed E-state index contributed by atoms with van der Waals surface area (Å²) in [5, 5.41) is 7.49. The molecule has 1 N–H and O–H groups in total. The normalized spacial score (nSPS) is 15.3. The van der Waals surface area contributed by atoms with Crippen LogP contribution in [0.3, 0.4) is 0 Å². The molecule has 1 aliphatic heterocycles. The summed E-state index contributed by atoms with van der Waals surface area (Å²) in [6.07, 6.45) is 0. The van der Waals surface area contributed by atoms with Gasteiger partial charge in [0.25, 0.3) is 0 Å². The van der Waals surface area contributed by atoms with Crippen molar-refractivity contribution in [3.8, 4) is 0 Å². The molecule has 9 heteroatoms. The van der Waals surface area contributed by atoms with Gasteiger partial charge in [0.15, 0.2) is 5.96 Å². The van der Waals surface area contributed by atoms with Crippen LogP contribution in [0.5, 0.6) is 0 Å². The molecule has 0 radical (unpaired) electrons. The Bertz CT molecular complexity index is 848. The number of nitrogens with zero attached hydrogens (tertiary/aromatic N) is 5. The van der Waals surface area contributed by atoms with Crippen LogP contribution in [0.2, 0.25) is 0 Å². The highest BCUT2D eigenvalue weighted by molar-refractivity contribution is 14.0. The molecule has 2 heterocycles. The third-order valence-electron chi connectivity index (χ3n) is 5.08. The van der Waals surface area contributed by atoms with Crippen LogP contribution in [0.15, 0.2) is 33.8 Å². The lowest BCUT2D eigenvalue weighted by molar-refractivity contribution is 0.169. The number of aryl methyl sites for hydroxylation is 1. The lowest BCUT2D eigenvalue weighted by Crippen LogP contribution is -2.52. The Morgan fingerprint density at radius 1 is 1.23 bits per heavy atom. The third kappa shape index (κ3) is 7.73. The minimum atomic E-state index is -0.165. The molecule has 172 valence electrons. The number of benzene rings is 1. The van der Waals surface area contributed by atoms with E-state index in [-0.39, 0.29) is 29.8 Å². The van der Waals surface area contributed by atoms with E-state index in [1.165, 1.54) is 0 Å². The highest BCUT2D eigenvalue weighted by atomic mass is 127. The Kier molecular flexibility index (Phi) is 10.2. The van der Waals surface area contributed by atoms with Crippen LogP contribution >= 0.6 is 24.0 Å². The zero-order chi connectivity index (χ0) is 21.5. The van der Waals surface area contributed by atoms with E-state index in [1.807, 2.05) is 44.1 Å². The quantitative estimate of drug-likeness (QED) is 0.329. The summed E-state index contributed by atoms with van der Waals surface area (Å²) >= 11 is 0. The zero-order valence-electron chi connectivity index (χ0n) is 18.9. The molecule has 1 saturated heterocycles. The van der Waals surface area contributed by atoms with Crippen LogP contribution in [0.25, 0.3) is 0 Å². The van der Waals surface area contributed by atoms with Crippen molar-refractivity contribution in [2.24, 2.45) is 4.99 Å². The van der Waals surface area contributed by atoms with Gasteiger partial charge in [-0.25, -0.2) is 9.38 Å². The SMILES string of the molecule is CCNC(=NCc1ccc(F)c(CN(C)C)c1)N1CCN(Cc2cc(C)on2)CC1.I. The summed E-state index contributed by atoms with van der Waals surface area (Å²) in [6.45, 7) is 10.4. The van der Waals surface area contributed by atoms with Crippen molar-refractivity contribution in [2.75, 3.05) is 46.8 Å². The number of hydrogen-bond donors (Lipinski definition) is 1. The van der Waals surface area contributed by atoms with Crippen molar-refractivity contribution in [2.45, 2.75) is 33.5 Å². The van der Waals surface area contributed by atoms with Gasteiger partial charge in [0.05, 0.1) is 12.2 Å². The first kappa shape index (κ1) is 25.5. The molecular weight excluding hydrogens is 510 g/mol. The molecule has 0 aliphatic carbocycles. The van der Waals surface area contributed by atoms with Crippen molar-refractivity contribution in [1.29, 1.82) is 0 Å². The minimum Gasteiger partial charge on any atom is -0.361 e. The molecule has 0 saturated carbocycles. The summed E-state index contributed by atoms with van der Waals surface area (Å²) in [4.78, 5) is 11.5. The monoisotopic (exact) mass is 544 g/mol. The van der Waals surface area contributed by atoms with E-state index in [1.54, 1.807) is 6.07 Å². The fraction of sp³-hybridized carbons (Fsp3) is 0.545. The number of guanidine groups is 1. The Morgan fingerprint density at radius 3 is 2.58 bits per heavy atom. The maximum atomic E-state index is 14.0. The topological polar surface area (TPSA) is 60.1 Å². The van der Waals surface area contributed by atoms with Crippen LogP contribution in [-0.4, -0.2) is 72.6 Å². The first-order valence-electron chi connectivity index (χ1n) is 10.5. The van der Waals surface area contributed by atoms with Crippen molar-refractivity contribution in [1.82, 2.24) is 25.2 Å². The molecular formula is C22H34FIN6O. The van der Waals surface area contributed by atoms with Crippen LogP contribution in [0.4, 0.5) is 4.39 Å². The maximum absolute atomic E-state index is 14.0. The van der Waals surface area contributed by atoms with Crippen molar-refractivity contribution in [3.05, 3.63) is 52.7 Å². The molecule has 1 fully saturated rings. The molecule has 2 aromatic rings. The smallest absolute Gasteiger partial charge is 0.194 e. The molecule has 1 aliphatic rings. The zero-order valence-corrected chi connectivity index (χ0v) is 21.2. The molecule has 1 aromatic carbocycles. The van der Waals surface area contributed by atoms with Gasteiger partial charge >= 0.3 is 0 Å². The Morgan fingerprint density at radius 2 is 1.97 bits per heavy atom. The second kappa shape index (κ2) is 12.4. The van der Waals surface area contributed by atoms with Gasteiger partial charge < -0.3 is 19.6 Å². The number of rotatable bonds is 7.